The average molecular weight is 362 g/mol. The maximum Gasteiger partial charge on any atom is 0.191 e. The molecule has 0 bridgehead atoms. The van der Waals surface area contributed by atoms with Crippen molar-refractivity contribution in [3.63, 3.8) is 0 Å². The summed E-state index contributed by atoms with van der Waals surface area (Å²) in [7, 11) is 5.84. The molecule has 0 saturated heterocycles. The Balaban J connectivity index is 1.86. The van der Waals surface area contributed by atoms with Crippen molar-refractivity contribution in [3.05, 3.63) is 45.9 Å². The van der Waals surface area contributed by atoms with E-state index in [0.29, 0.717) is 19.7 Å². The van der Waals surface area contributed by atoms with E-state index in [9.17, 15) is 0 Å². The Kier molecular flexibility index (Phi) is 7.69. The number of nitrogens with zero attached hydrogens (tertiary/aromatic N) is 3. The third kappa shape index (κ3) is 6.72. The Morgan fingerprint density at radius 3 is 2.68 bits per heavy atom. The van der Waals surface area contributed by atoms with Crippen LogP contribution in [-0.4, -0.2) is 50.1 Å². The summed E-state index contributed by atoms with van der Waals surface area (Å²) in [6, 6.07) is 8.08. The van der Waals surface area contributed by atoms with E-state index in [4.69, 9.17) is 4.74 Å². The number of thiazole rings is 1. The Labute approximate surface area is 154 Å². The van der Waals surface area contributed by atoms with Gasteiger partial charge in [-0.15, -0.1) is 11.3 Å². The number of likely N-dealkylation sites (N-methyl/N-ethyl adjacent to an activating group) is 1. The van der Waals surface area contributed by atoms with Crippen LogP contribution in [0, 0.1) is 6.92 Å². The third-order valence-electron chi connectivity index (χ3n) is 3.51. The summed E-state index contributed by atoms with van der Waals surface area (Å²) in [5.74, 6) is 1.65. The van der Waals surface area contributed by atoms with E-state index in [1.165, 1.54) is 4.88 Å². The quantitative estimate of drug-likeness (QED) is 0.558. The second-order valence-electron chi connectivity index (χ2n) is 5.90. The number of aryl methyl sites for hydroxylation is 1. The number of rotatable bonds is 8. The van der Waals surface area contributed by atoms with Gasteiger partial charge in [-0.3, -0.25) is 4.99 Å². The van der Waals surface area contributed by atoms with E-state index >= 15 is 0 Å². The van der Waals surface area contributed by atoms with Crippen LogP contribution >= 0.6 is 11.3 Å². The molecule has 0 unspecified atom stereocenters. The van der Waals surface area contributed by atoms with Crippen LogP contribution in [0.5, 0.6) is 5.75 Å². The predicted molar refractivity (Wildman–Crippen MR) is 104 cm³/mol. The molecule has 0 spiro atoms. The smallest absolute Gasteiger partial charge is 0.191 e. The van der Waals surface area contributed by atoms with Crippen molar-refractivity contribution in [2.24, 2.45) is 4.99 Å². The van der Waals surface area contributed by atoms with Gasteiger partial charge in [0.2, 0.25) is 0 Å². The molecule has 0 fully saturated rings. The highest BCUT2D eigenvalue weighted by Crippen LogP contribution is 2.17. The van der Waals surface area contributed by atoms with Gasteiger partial charge in [0.1, 0.15) is 17.4 Å². The molecule has 0 radical (unpaired) electrons. The van der Waals surface area contributed by atoms with Crippen molar-refractivity contribution in [1.29, 1.82) is 0 Å². The van der Waals surface area contributed by atoms with Crippen molar-refractivity contribution < 1.29 is 4.74 Å². The van der Waals surface area contributed by atoms with Crippen LogP contribution in [-0.2, 0) is 13.1 Å². The summed E-state index contributed by atoms with van der Waals surface area (Å²) in [6.07, 6.45) is 1.89. The van der Waals surface area contributed by atoms with Gasteiger partial charge in [-0.05, 0) is 27.1 Å². The van der Waals surface area contributed by atoms with Gasteiger partial charge in [0.25, 0.3) is 0 Å². The van der Waals surface area contributed by atoms with Crippen LogP contribution in [0.15, 0.2) is 35.5 Å². The molecular formula is C18H27N5OS. The molecule has 2 rings (SSSR count). The number of hydrogen-bond acceptors (Lipinski definition) is 5. The molecule has 7 heteroatoms. The molecular weight excluding hydrogens is 334 g/mol. The monoisotopic (exact) mass is 361 g/mol. The first-order valence-corrected chi connectivity index (χ1v) is 9.11. The van der Waals surface area contributed by atoms with Gasteiger partial charge < -0.3 is 20.3 Å². The first-order valence-electron chi connectivity index (χ1n) is 8.29. The lowest BCUT2D eigenvalue weighted by molar-refractivity contribution is 0.259. The standard InChI is InChI=1S/C18H27N5OS/c1-14-11-20-17(25-14)13-22-18(19-2)21-12-15-7-5-6-8-16(15)24-10-9-23(3)4/h5-8,11H,9-10,12-13H2,1-4H3,(H2,19,21,22). The Bertz CT molecular complexity index is 684. The van der Waals surface area contributed by atoms with E-state index in [-0.39, 0.29) is 0 Å². The van der Waals surface area contributed by atoms with Crippen molar-refractivity contribution in [3.8, 4) is 5.75 Å². The first-order chi connectivity index (χ1) is 12.1. The molecule has 0 amide bonds. The number of aliphatic imine (C=N–C) groups is 1. The fourth-order valence-corrected chi connectivity index (χ4v) is 2.90. The van der Waals surface area contributed by atoms with E-state index in [2.05, 4.69) is 38.5 Å². The summed E-state index contributed by atoms with van der Waals surface area (Å²) in [4.78, 5) is 11.9. The van der Waals surface area contributed by atoms with Gasteiger partial charge in [-0.25, -0.2) is 4.98 Å². The van der Waals surface area contributed by atoms with Crippen LogP contribution in [0.4, 0.5) is 0 Å². The molecule has 0 saturated carbocycles. The fourth-order valence-electron chi connectivity index (χ4n) is 2.17. The lowest BCUT2D eigenvalue weighted by atomic mass is 10.2. The average Bonchev–Trinajstić information content (AvgIpc) is 3.01. The Hall–Kier alpha value is -2.12. The van der Waals surface area contributed by atoms with E-state index in [1.54, 1.807) is 18.4 Å². The normalized spacial score (nSPS) is 11.6. The first kappa shape index (κ1) is 19.2. The van der Waals surface area contributed by atoms with Gasteiger partial charge in [0.05, 0.1) is 6.54 Å². The molecule has 0 aliphatic rings. The van der Waals surface area contributed by atoms with Gasteiger partial charge in [-0.1, -0.05) is 18.2 Å². The number of hydrogen-bond donors (Lipinski definition) is 2. The zero-order valence-electron chi connectivity index (χ0n) is 15.4. The summed E-state index contributed by atoms with van der Waals surface area (Å²) >= 11 is 1.69. The van der Waals surface area contributed by atoms with Crippen LogP contribution in [0.25, 0.3) is 0 Å². The maximum absolute atomic E-state index is 5.90. The molecule has 1 aromatic carbocycles. The molecule has 1 heterocycles. The van der Waals surface area contributed by atoms with Crippen LogP contribution in [0.1, 0.15) is 15.4 Å². The maximum atomic E-state index is 5.90. The number of benzene rings is 1. The number of ether oxygens (including phenoxy) is 1. The number of guanidine groups is 1. The zero-order chi connectivity index (χ0) is 18.1. The molecule has 0 atom stereocenters. The SMILES string of the molecule is CN=C(NCc1ncc(C)s1)NCc1ccccc1OCCN(C)C. The third-order valence-corrected chi connectivity index (χ3v) is 4.43. The molecule has 0 aliphatic carbocycles. The molecule has 25 heavy (non-hydrogen) atoms. The second-order valence-corrected chi connectivity index (χ2v) is 7.22. The van der Waals surface area contributed by atoms with Gasteiger partial charge in [-0.2, -0.15) is 0 Å². The van der Waals surface area contributed by atoms with Gasteiger partial charge >= 0.3 is 0 Å². The minimum Gasteiger partial charge on any atom is -0.492 e. The Morgan fingerprint density at radius 1 is 1.24 bits per heavy atom. The van der Waals surface area contributed by atoms with Gasteiger partial charge in [0.15, 0.2) is 5.96 Å². The molecule has 2 N–H and O–H groups in total. The minimum atomic E-state index is 0.648. The molecule has 6 nitrogen and oxygen atoms in total. The molecule has 2 aromatic rings. The topological polar surface area (TPSA) is 61.8 Å². The van der Waals surface area contributed by atoms with Crippen molar-refractivity contribution >= 4 is 17.3 Å². The summed E-state index contributed by atoms with van der Waals surface area (Å²) in [6.45, 7) is 4.92. The number of para-hydroxylation sites is 1. The highest BCUT2D eigenvalue weighted by molar-refractivity contribution is 7.11. The second kappa shape index (κ2) is 10.0. The van der Waals surface area contributed by atoms with Crippen LogP contribution in [0.2, 0.25) is 0 Å². The Morgan fingerprint density at radius 2 is 2.00 bits per heavy atom. The van der Waals surface area contributed by atoms with Crippen molar-refractivity contribution in [1.82, 2.24) is 20.5 Å². The largest absolute Gasteiger partial charge is 0.492 e. The number of nitrogens with one attached hydrogen (secondary N) is 2. The molecule has 136 valence electrons. The van der Waals surface area contributed by atoms with Crippen molar-refractivity contribution in [2.45, 2.75) is 20.0 Å². The van der Waals surface area contributed by atoms with Gasteiger partial charge in [0, 0.05) is 36.8 Å². The van der Waals surface area contributed by atoms with Crippen LogP contribution in [0.3, 0.4) is 0 Å². The number of aromatic nitrogens is 1. The van der Waals surface area contributed by atoms with Crippen molar-refractivity contribution in [2.75, 3.05) is 34.3 Å². The highest BCUT2D eigenvalue weighted by atomic mass is 32.1. The minimum absolute atomic E-state index is 0.648. The molecule has 0 aliphatic heterocycles. The summed E-state index contributed by atoms with van der Waals surface area (Å²) in [5, 5.41) is 7.66. The van der Waals surface area contributed by atoms with E-state index in [0.717, 1.165) is 28.8 Å². The lowest BCUT2D eigenvalue weighted by Crippen LogP contribution is -2.36. The highest BCUT2D eigenvalue weighted by Gasteiger charge is 2.06. The molecule has 1 aromatic heterocycles. The van der Waals surface area contributed by atoms with E-state index < -0.39 is 0 Å². The summed E-state index contributed by atoms with van der Waals surface area (Å²) in [5.41, 5.74) is 1.11. The lowest BCUT2D eigenvalue weighted by Gasteiger charge is -2.15. The van der Waals surface area contributed by atoms with E-state index in [1.807, 2.05) is 38.5 Å². The van der Waals surface area contributed by atoms with Crippen LogP contribution < -0.4 is 15.4 Å². The predicted octanol–water partition coefficient (Wildman–Crippen LogP) is 2.26. The zero-order valence-corrected chi connectivity index (χ0v) is 16.2. The summed E-state index contributed by atoms with van der Waals surface area (Å²) < 4.78 is 5.90. The fraction of sp³-hybridized carbons (Fsp3) is 0.444.